The lowest BCUT2D eigenvalue weighted by atomic mass is 10.2. The highest BCUT2D eigenvalue weighted by Gasteiger charge is 2.25. The summed E-state index contributed by atoms with van der Waals surface area (Å²) < 4.78 is 5.55. The molecule has 0 saturated heterocycles. The third-order valence-corrected chi connectivity index (χ3v) is 3.31. The number of benzene rings is 2. The molecule has 0 aliphatic rings. The molecule has 0 saturated carbocycles. The topological polar surface area (TPSA) is 41.6 Å². The number of hydrogen-bond donors (Lipinski definition) is 1. The highest BCUT2D eigenvalue weighted by molar-refractivity contribution is 5.91. The van der Waals surface area contributed by atoms with Gasteiger partial charge in [-0.1, -0.05) is 36.4 Å². The molecule has 0 aromatic heterocycles. The monoisotopic (exact) mass is 312 g/mol. The van der Waals surface area contributed by atoms with Crippen LogP contribution in [0.25, 0.3) is 0 Å². The second-order valence-corrected chi connectivity index (χ2v) is 6.53. The number of hydrazine groups is 1. The van der Waals surface area contributed by atoms with Crippen LogP contribution >= 0.6 is 0 Å². The van der Waals surface area contributed by atoms with Gasteiger partial charge < -0.3 is 4.74 Å². The number of nitrogens with zero attached hydrogens (tertiary/aromatic N) is 1. The fourth-order valence-corrected chi connectivity index (χ4v) is 2.14. The summed E-state index contributed by atoms with van der Waals surface area (Å²) in [4.78, 5) is 12.7. The van der Waals surface area contributed by atoms with Gasteiger partial charge in [-0.25, -0.2) is 4.79 Å². The smallest absolute Gasteiger partial charge is 0.433 e. The van der Waals surface area contributed by atoms with Crippen molar-refractivity contribution in [1.29, 1.82) is 0 Å². The first-order valence-electron chi connectivity index (χ1n) is 7.69. The second kappa shape index (κ2) is 6.73. The number of aryl methyl sites for hydroxylation is 2. The van der Waals surface area contributed by atoms with Gasteiger partial charge in [0.05, 0.1) is 11.4 Å². The van der Waals surface area contributed by atoms with E-state index in [9.17, 15) is 4.79 Å². The molecule has 0 atom stereocenters. The Morgan fingerprint density at radius 1 is 0.957 bits per heavy atom. The molecule has 0 unspecified atom stereocenters. The number of hydrogen-bond acceptors (Lipinski definition) is 3. The summed E-state index contributed by atoms with van der Waals surface area (Å²) in [5.41, 5.74) is 6.29. The maximum Gasteiger partial charge on any atom is 0.433 e. The van der Waals surface area contributed by atoms with Crippen LogP contribution in [-0.2, 0) is 4.74 Å². The van der Waals surface area contributed by atoms with Crippen molar-refractivity contribution >= 4 is 17.5 Å². The lowest BCUT2D eigenvalue weighted by molar-refractivity contribution is 0.0589. The van der Waals surface area contributed by atoms with Gasteiger partial charge in [0.1, 0.15) is 5.60 Å². The Bertz CT molecular complexity index is 690. The average molecular weight is 312 g/mol. The van der Waals surface area contributed by atoms with Gasteiger partial charge in [0.2, 0.25) is 0 Å². The molecule has 4 nitrogen and oxygen atoms in total. The van der Waals surface area contributed by atoms with E-state index in [-0.39, 0.29) is 0 Å². The molecule has 0 heterocycles. The Hall–Kier alpha value is -2.49. The first-order chi connectivity index (χ1) is 10.8. The number of nitrogens with one attached hydrogen (secondary N) is 1. The van der Waals surface area contributed by atoms with Gasteiger partial charge in [-0.2, -0.15) is 5.01 Å². The number of rotatable bonds is 3. The molecule has 0 bridgehead atoms. The molecule has 1 amide bonds. The molecule has 4 heteroatoms. The van der Waals surface area contributed by atoms with Crippen molar-refractivity contribution in [3.63, 3.8) is 0 Å². The second-order valence-electron chi connectivity index (χ2n) is 6.53. The molecule has 0 aliphatic heterocycles. The number of anilines is 2. The summed E-state index contributed by atoms with van der Waals surface area (Å²) in [6, 6.07) is 15.5. The highest BCUT2D eigenvalue weighted by atomic mass is 16.6. The zero-order chi connectivity index (χ0) is 17.0. The zero-order valence-corrected chi connectivity index (χ0v) is 14.4. The normalized spacial score (nSPS) is 11.0. The molecule has 0 radical (unpaired) electrons. The zero-order valence-electron chi connectivity index (χ0n) is 14.4. The van der Waals surface area contributed by atoms with E-state index < -0.39 is 11.7 Å². The average Bonchev–Trinajstić information content (AvgIpc) is 2.45. The summed E-state index contributed by atoms with van der Waals surface area (Å²) in [6.45, 7) is 9.53. The van der Waals surface area contributed by atoms with Crippen molar-refractivity contribution in [2.45, 2.75) is 40.2 Å². The fraction of sp³-hybridized carbons (Fsp3) is 0.316. The standard InChI is InChI=1S/C19H24N2O2/c1-14-10-6-8-12-16(14)20-21(18(22)23-19(3,4)5)17-13-9-7-11-15(17)2/h6-13,20H,1-5H3. The van der Waals surface area contributed by atoms with E-state index in [1.165, 1.54) is 5.01 Å². The minimum absolute atomic E-state index is 0.435. The Morgan fingerprint density at radius 3 is 2.09 bits per heavy atom. The number of ether oxygens (including phenoxy) is 1. The first kappa shape index (κ1) is 16.9. The molecular weight excluding hydrogens is 288 g/mol. The van der Waals surface area contributed by atoms with E-state index in [1.807, 2.05) is 83.1 Å². The number of carbonyl (C=O) groups excluding carboxylic acids is 1. The third-order valence-electron chi connectivity index (χ3n) is 3.31. The largest absolute Gasteiger partial charge is 0.442 e. The Balaban J connectivity index is 2.38. The predicted octanol–water partition coefficient (Wildman–Crippen LogP) is 5.07. The summed E-state index contributed by atoms with van der Waals surface area (Å²) in [5, 5.41) is 1.46. The van der Waals surface area contributed by atoms with Crippen LogP contribution in [0.2, 0.25) is 0 Å². The summed E-state index contributed by atoms with van der Waals surface area (Å²) in [7, 11) is 0. The Kier molecular flexibility index (Phi) is 4.94. The van der Waals surface area contributed by atoms with Crippen LogP contribution < -0.4 is 10.4 Å². The van der Waals surface area contributed by atoms with Crippen molar-refractivity contribution < 1.29 is 9.53 Å². The quantitative estimate of drug-likeness (QED) is 0.804. The van der Waals surface area contributed by atoms with Gasteiger partial charge in [0, 0.05) is 0 Å². The molecule has 2 aromatic rings. The van der Waals surface area contributed by atoms with Gasteiger partial charge in [-0.3, -0.25) is 5.43 Å². The molecule has 1 N–H and O–H groups in total. The summed E-state index contributed by atoms with van der Waals surface area (Å²) in [5.74, 6) is 0. The summed E-state index contributed by atoms with van der Waals surface area (Å²) >= 11 is 0. The van der Waals surface area contributed by atoms with E-state index in [1.54, 1.807) is 0 Å². The molecule has 23 heavy (non-hydrogen) atoms. The number of para-hydroxylation sites is 2. The Labute approximate surface area is 138 Å². The van der Waals surface area contributed by atoms with Crippen molar-refractivity contribution in [2.24, 2.45) is 0 Å². The maximum absolute atomic E-state index is 12.7. The van der Waals surface area contributed by atoms with E-state index in [0.717, 1.165) is 22.5 Å². The van der Waals surface area contributed by atoms with Crippen LogP contribution in [0.15, 0.2) is 48.5 Å². The molecular formula is C19H24N2O2. The van der Waals surface area contributed by atoms with Crippen LogP contribution in [0, 0.1) is 13.8 Å². The maximum atomic E-state index is 12.7. The van der Waals surface area contributed by atoms with Crippen LogP contribution in [0.4, 0.5) is 16.2 Å². The molecule has 2 aromatic carbocycles. The highest BCUT2D eigenvalue weighted by Crippen LogP contribution is 2.24. The SMILES string of the molecule is Cc1ccccc1NN(C(=O)OC(C)(C)C)c1ccccc1C. The van der Waals surface area contributed by atoms with Crippen molar-refractivity contribution in [3.05, 3.63) is 59.7 Å². The lowest BCUT2D eigenvalue weighted by Gasteiger charge is -2.29. The molecule has 2 rings (SSSR count). The fourth-order valence-electron chi connectivity index (χ4n) is 2.14. The van der Waals surface area contributed by atoms with Crippen molar-refractivity contribution in [3.8, 4) is 0 Å². The van der Waals surface area contributed by atoms with Crippen LogP contribution in [0.3, 0.4) is 0 Å². The Morgan fingerprint density at radius 2 is 1.52 bits per heavy atom. The third kappa shape index (κ3) is 4.49. The van der Waals surface area contributed by atoms with Gasteiger partial charge >= 0.3 is 6.09 Å². The predicted molar refractivity (Wildman–Crippen MR) is 94.7 cm³/mol. The lowest BCUT2D eigenvalue weighted by Crippen LogP contribution is -2.41. The molecule has 0 fully saturated rings. The van der Waals surface area contributed by atoms with E-state index in [4.69, 9.17) is 4.74 Å². The first-order valence-corrected chi connectivity index (χ1v) is 7.69. The van der Waals surface area contributed by atoms with Gasteiger partial charge in [0.25, 0.3) is 0 Å². The van der Waals surface area contributed by atoms with E-state index >= 15 is 0 Å². The number of amides is 1. The number of carbonyl (C=O) groups is 1. The minimum Gasteiger partial charge on any atom is -0.442 e. The van der Waals surface area contributed by atoms with Crippen LogP contribution in [-0.4, -0.2) is 11.7 Å². The van der Waals surface area contributed by atoms with E-state index in [0.29, 0.717) is 0 Å². The molecule has 0 aliphatic carbocycles. The van der Waals surface area contributed by atoms with Crippen molar-refractivity contribution in [2.75, 3.05) is 10.4 Å². The summed E-state index contributed by atoms with van der Waals surface area (Å²) in [6.07, 6.45) is -0.435. The van der Waals surface area contributed by atoms with Gasteiger partial charge in [-0.15, -0.1) is 0 Å². The molecule has 122 valence electrons. The minimum atomic E-state index is -0.564. The van der Waals surface area contributed by atoms with Gasteiger partial charge in [0.15, 0.2) is 0 Å². The van der Waals surface area contributed by atoms with Crippen LogP contribution in [0.1, 0.15) is 31.9 Å². The van der Waals surface area contributed by atoms with Gasteiger partial charge in [-0.05, 0) is 57.9 Å². The van der Waals surface area contributed by atoms with Crippen LogP contribution in [0.5, 0.6) is 0 Å². The van der Waals surface area contributed by atoms with E-state index in [2.05, 4.69) is 5.43 Å². The molecule has 0 spiro atoms. The van der Waals surface area contributed by atoms with Crippen molar-refractivity contribution in [1.82, 2.24) is 0 Å².